The first-order chi connectivity index (χ1) is 14.4. The Labute approximate surface area is 171 Å². The summed E-state index contributed by atoms with van der Waals surface area (Å²) < 4.78 is 14.9. The number of carboxylic acid groups (broad SMARTS) is 1. The molecule has 3 N–H and O–H groups in total. The van der Waals surface area contributed by atoms with Crippen molar-refractivity contribution in [3.05, 3.63) is 64.2 Å². The van der Waals surface area contributed by atoms with E-state index in [1.165, 1.54) is 35.0 Å². The van der Waals surface area contributed by atoms with Crippen LogP contribution in [0.25, 0.3) is 16.7 Å². The van der Waals surface area contributed by atoms with Crippen LogP contribution < -0.4 is 16.1 Å². The maximum absolute atomic E-state index is 13.4. The van der Waals surface area contributed by atoms with Crippen LogP contribution in [0, 0.1) is 17.7 Å². The topological polar surface area (TPSA) is 101 Å². The quantitative estimate of drug-likeness (QED) is 0.690. The number of carboxylic acids is 1. The smallest absolute Gasteiger partial charge is 0.341 e. The van der Waals surface area contributed by atoms with E-state index >= 15 is 0 Å². The highest BCUT2D eigenvalue weighted by molar-refractivity contribution is 5.92. The summed E-state index contributed by atoms with van der Waals surface area (Å²) in [4.78, 5) is 31.2. The number of fused-ring (bicyclic) bond motifs is 2. The third-order valence-electron chi connectivity index (χ3n) is 6.43. The molecule has 2 aromatic heterocycles. The van der Waals surface area contributed by atoms with Gasteiger partial charge >= 0.3 is 5.97 Å². The van der Waals surface area contributed by atoms with Crippen LogP contribution in [-0.4, -0.2) is 39.8 Å². The predicted molar refractivity (Wildman–Crippen MR) is 111 cm³/mol. The van der Waals surface area contributed by atoms with Gasteiger partial charge in [0.2, 0.25) is 5.43 Å². The largest absolute Gasteiger partial charge is 0.477 e. The fourth-order valence-electron chi connectivity index (χ4n) is 4.67. The third-order valence-corrected chi connectivity index (χ3v) is 6.43. The molecular formula is C22H21FN4O3. The molecule has 8 heteroatoms. The second kappa shape index (κ2) is 6.91. The summed E-state index contributed by atoms with van der Waals surface area (Å²) in [6.07, 6.45) is 3.39. The number of halogens is 1. The molecule has 0 radical (unpaired) electrons. The number of rotatable bonds is 3. The maximum Gasteiger partial charge on any atom is 0.341 e. The zero-order valence-corrected chi connectivity index (χ0v) is 16.2. The number of hydrogen-bond donors (Lipinski definition) is 2. The van der Waals surface area contributed by atoms with Gasteiger partial charge in [0.15, 0.2) is 5.65 Å². The van der Waals surface area contributed by atoms with E-state index in [0.29, 0.717) is 23.2 Å². The molecule has 3 atom stereocenters. The van der Waals surface area contributed by atoms with Crippen molar-refractivity contribution in [3.8, 4) is 5.69 Å². The van der Waals surface area contributed by atoms with Gasteiger partial charge in [0, 0.05) is 31.0 Å². The number of aromatic nitrogens is 2. The summed E-state index contributed by atoms with van der Waals surface area (Å²) >= 11 is 0. The molecule has 3 heterocycles. The van der Waals surface area contributed by atoms with Gasteiger partial charge in [-0.1, -0.05) is 0 Å². The fourth-order valence-corrected chi connectivity index (χ4v) is 4.67. The van der Waals surface area contributed by atoms with Gasteiger partial charge in [-0.05, 0) is 61.1 Å². The summed E-state index contributed by atoms with van der Waals surface area (Å²) in [6, 6.07) is 9.22. The summed E-state index contributed by atoms with van der Waals surface area (Å²) in [5, 5.41) is 9.68. The van der Waals surface area contributed by atoms with Crippen LogP contribution in [0.5, 0.6) is 0 Å². The van der Waals surface area contributed by atoms with Crippen LogP contribution in [0.4, 0.5) is 10.2 Å². The Bertz CT molecular complexity index is 1210. The average Bonchev–Trinajstić information content (AvgIpc) is 2.73. The number of aromatic carboxylic acids is 1. The van der Waals surface area contributed by atoms with Crippen LogP contribution in [0.3, 0.4) is 0 Å². The van der Waals surface area contributed by atoms with Crippen molar-refractivity contribution < 1.29 is 14.3 Å². The molecule has 1 aliphatic carbocycles. The average molecular weight is 408 g/mol. The van der Waals surface area contributed by atoms with E-state index in [2.05, 4.69) is 4.90 Å². The molecule has 154 valence electrons. The van der Waals surface area contributed by atoms with E-state index < -0.39 is 17.2 Å². The Balaban J connectivity index is 1.65. The van der Waals surface area contributed by atoms with Gasteiger partial charge in [-0.2, -0.15) is 0 Å². The Hall–Kier alpha value is -3.26. The van der Waals surface area contributed by atoms with Gasteiger partial charge < -0.3 is 20.3 Å². The minimum atomic E-state index is -1.32. The monoisotopic (exact) mass is 408 g/mol. The van der Waals surface area contributed by atoms with E-state index in [4.69, 9.17) is 10.7 Å². The number of hydrogen-bond acceptors (Lipinski definition) is 5. The standard InChI is InChI=1S/C22H21FN4O3/c23-13-1-3-14(4-2-13)27-11-17(22(29)30)20(28)15-5-6-19(25-21(15)27)26-8-7-12-9-18(24)16(12)10-26/h1-6,11-12,16,18H,7-10,24H2,(H,29,30)/t12-,16-,18+/m1/s1. The molecule has 5 rings (SSSR count). The van der Waals surface area contributed by atoms with Crippen molar-refractivity contribution in [1.29, 1.82) is 0 Å². The molecule has 2 fully saturated rings. The lowest BCUT2D eigenvalue weighted by Gasteiger charge is -2.50. The molecule has 2 aliphatic rings. The van der Waals surface area contributed by atoms with Crippen molar-refractivity contribution in [2.24, 2.45) is 17.6 Å². The fraction of sp³-hybridized carbons (Fsp3) is 0.318. The Morgan fingerprint density at radius 3 is 2.67 bits per heavy atom. The summed E-state index contributed by atoms with van der Waals surface area (Å²) in [5.41, 5.74) is 6.08. The van der Waals surface area contributed by atoms with Gasteiger partial charge in [0.25, 0.3) is 0 Å². The third kappa shape index (κ3) is 2.95. The van der Waals surface area contributed by atoms with E-state index in [1.807, 2.05) is 0 Å². The SMILES string of the molecule is N[C@H]1C[C@H]2CCN(c3ccc4c(=O)c(C(=O)O)cn(-c5ccc(F)cc5)c4n3)C[C@H]21. The number of nitrogens with zero attached hydrogens (tertiary/aromatic N) is 3. The highest BCUT2D eigenvalue weighted by Gasteiger charge is 2.42. The Morgan fingerprint density at radius 1 is 1.20 bits per heavy atom. The molecule has 1 saturated carbocycles. The lowest BCUT2D eigenvalue weighted by Crippen LogP contribution is -2.56. The van der Waals surface area contributed by atoms with Crippen LogP contribution in [0.2, 0.25) is 0 Å². The number of anilines is 1. The molecule has 3 aromatic rings. The summed E-state index contributed by atoms with van der Waals surface area (Å²) in [6.45, 7) is 1.68. The Kier molecular flexibility index (Phi) is 4.32. The van der Waals surface area contributed by atoms with Gasteiger partial charge in [-0.15, -0.1) is 0 Å². The molecular weight excluding hydrogens is 387 g/mol. The summed E-state index contributed by atoms with van der Waals surface area (Å²) in [7, 11) is 0. The number of piperidine rings is 1. The first kappa shape index (κ1) is 18.7. The lowest BCUT2D eigenvalue weighted by molar-refractivity contribution is 0.0695. The molecule has 7 nitrogen and oxygen atoms in total. The Morgan fingerprint density at radius 2 is 1.97 bits per heavy atom. The van der Waals surface area contributed by atoms with Crippen molar-refractivity contribution in [2.45, 2.75) is 18.9 Å². The van der Waals surface area contributed by atoms with Gasteiger partial charge in [-0.3, -0.25) is 4.79 Å². The van der Waals surface area contributed by atoms with E-state index in [-0.39, 0.29) is 17.0 Å². The normalized spacial score (nSPS) is 23.1. The second-order valence-electron chi connectivity index (χ2n) is 8.12. The lowest BCUT2D eigenvalue weighted by atomic mass is 9.66. The van der Waals surface area contributed by atoms with Gasteiger partial charge in [-0.25, -0.2) is 14.2 Å². The molecule has 30 heavy (non-hydrogen) atoms. The molecule has 0 unspecified atom stereocenters. The first-order valence-corrected chi connectivity index (χ1v) is 9.98. The van der Waals surface area contributed by atoms with E-state index in [0.717, 1.165) is 31.7 Å². The van der Waals surface area contributed by atoms with Crippen LogP contribution in [-0.2, 0) is 0 Å². The van der Waals surface area contributed by atoms with Crippen molar-refractivity contribution in [2.75, 3.05) is 18.0 Å². The number of pyridine rings is 2. The number of carbonyl (C=O) groups is 1. The van der Waals surface area contributed by atoms with Crippen LogP contribution >= 0.6 is 0 Å². The second-order valence-corrected chi connectivity index (χ2v) is 8.12. The van der Waals surface area contributed by atoms with Gasteiger partial charge in [0.1, 0.15) is 17.2 Å². The highest BCUT2D eigenvalue weighted by atomic mass is 19.1. The van der Waals surface area contributed by atoms with Crippen molar-refractivity contribution in [3.63, 3.8) is 0 Å². The highest BCUT2D eigenvalue weighted by Crippen LogP contribution is 2.40. The van der Waals surface area contributed by atoms with Crippen LogP contribution in [0.1, 0.15) is 23.2 Å². The minimum Gasteiger partial charge on any atom is -0.477 e. The molecule has 0 spiro atoms. The predicted octanol–water partition coefficient (Wildman–Crippen LogP) is 2.40. The van der Waals surface area contributed by atoms with Crippen LogP contribution in [0.15, 0.2) is 47.4 Å². The molecule has 1 aliphatic heterocycles. The van der Waals surface area contributed by atoms with E-state index in [9.17, 15) is 19.1 Å². The van der Waals surface area contributed by atoms with Gasteiger partial charge in [0.05, 0.1) is 5.39 Å². The zero-order valence-electron chi connectivity index (χ0n) is 16.2. The zero-order chi connectivity index (χ0) is 21.0. The van der Waals surface area contributed by atoms with E-state index in [1.54, 1.807) is 12.1 Å². The first-order valence-electron chi connectivity index (χ1n) is 9.98. The molecule has 1 aromatic carbocycles. The van der Waals surface area contributed by atoms with Crippen molar-refractivity contribution >= 4 is 22.8 Å². The minimum absolute atomic E-state index is 0.207. The molecule has 0 bridgehead atoms. The molecule has 0 amide bonds. The number of nitrogens with two attached hydrogens (primary N) is 1. The van der Waals surface area contributed by atoms with Crippen molar-refractivity contribution in [1.82, 2.24) is 9.55 Å². The number of benzene rings is 1. The summed E-state index contributed by atoms with van der Waals surface area (Å²) in [5.74, 6) is 0.120. The maximum atomic E-state index is 13.4. The molecule has 1 saturated heterocycles.